The van der Waals surface area contributed by atoms with Crippen LogP contribution in [0.3, 0.4) is 0 Å². The molecule has 0 aliphatic carbocycles. The maximum Gasteiger partial charge on any atom is 0.269 e. The number of nitrogens with one attached hydrogen (secondary N) is 1. The zero-order valence-electron chi connectivity index (χ0n) is 14.1. The first-order valence-electron chi connectivity index (χ1n) is 7.81. The monoisotopic (exact) mass is 380 g/mol. The Kier molecular flexibility index (Phi) is 5.24. The molecule has 0 unspecified atom stereocenters. The van der Waals surface area contributed by atoms with Crippen LogP contribution >= 0.6 is 11.3 Å². The number of hydrogen-bond donors (Lipinski definition) is 1. The van der Waals surface area contributed by atoms with Gasteiger partial charge in [-0.1, -0.05) is 6.07 Å². The Balaban J connectivity index is 1.84. The molecule has 1 N–H and O–H groups in total. The number of halogens is 1. The number of hydrogen-bond acceptors (Lipinski definition) is 6. The fraction of sp³-hybridized carbons (Fsp3) is 0.0526. The molecule has 0 spiro atoms. The molecule has 0 saturated carbocycles. The minimum absolute atomic E-state index is 0.00137. The Morgan fingerprint density at radius 3 is 2.74 bits per heavy atom. The highest BCUT2D eigenvalue weighted by atomic mass is 32.1. The minimum atomic E-state index is -0.465. The van der Waals surface area contributed by atoms with Gasteiger partial charge < -0.3 is 5.32 Å². The molecule has 0 saturated heterocycles. The van der Waals surface area contributed by atoms with Crippen LogP contribution < -0.4 is 5.32 Å². The van der Waals surface area contributed by atoms with E-state index in [0.29, 0.717) is 27.5 Å². The lowest BCUT2D eigenvalue weighted by atomic mass is 10.1. The van der Waals surface area contributed by atoms with Crippen LogP contribution in [0.4, 0.5) is 15.8 Å². The van der Waals surface area contributed by atoms with Crippen LogP contribution in [0.15, 0.2) is 54.0 Å². The van der Waals surface area contributed by atoms with Crippen LogP contribution in [0.2, 0.25) is 0 Å². The normalized spacial score (nSPS) is 11.1. The Hall–Kier alpha value is -3.57. The second-order valence-electron chi connectivity index (χ2n) is 5.62. The zero-order chi connectivity index (χ0) is 19.4. The maximum absolute atomic E-state index is 13.4. The topological polar surface area (TPSA) is 91.8 Å². The van der Waals surface area contributed by atoms with E-state index in [-0.39, 0.29) is 11.5 Å². The van der Waals surface area contributed by atoms with Crippen molar-refractivity contribution in [3.8, 4) is 17.3 Å². The third-order valence-corrected chi connectivity index (χ3v) is 4.68. The van der Waals surface area contributed by atoms with Crippen molar-refractivity contribution in [2.45, 2.75) is 6.92 Å². The third kappa shape index (κ3) is 4.16. The largest absolute Gasteiger partial charge is 0.360 e. The fourth-order valence-corrected chi connectivity index (χ4v) is 3.12. The first-order chi connectivity index (χ1) is 13.0. The van der Waals surface area contributed by atoms with Crippen molar-refractivity contribution in [2.75, 3.05) is 5.32 Å². The summed E-state index contributed by atoms with van der Waals surface area (Å²) in [5.41, 5.74) is 3.05. The van der Waals surface area contributed by atoms with Gasteiger partial charge >= 0.3 is 0 Å². The fourth-order valence-electron chi connectivity index (χ4n) is 2.33. The summed E-state index contributed by atoms with van der Waals surface area (Å²) in [6.45, 7) is 1.83. The number of non-ortho nitro benzene ring substituents is 1. The molecule has 1 heterocycles. The smallest absolute Gasteiger partial charge is 0.269 e. The van der Waals surface area contributed by atoms with Gasteiger partial charge in [-0.3, -0.25) is 10.1 Å². The number of aryl methyl sites for hydroxylation is 1. The van der Waals surface area contributed by atoms with E-state index in [2.05, 4.69) is 16.4 Å². The number of nitrogens with zero attached hydrogens (tertiary/aromatic N) is 3. The Morgan fingerprint density at radius 2 is 2.07 bits per heavy atom. The van der Waals surface area contributed by atoms with E-state index < -0.39 is 4.92 Å². The van der Waals surface area contributed by atoms with E-state index in [4.69, 9.17) is 0 Å². The molecule has 8 heteroatoms. The van der Waals surface area contributed by atoms with Crippen LogP contribution in [-0.2, 0) is 0 Å². The lowest BCUT2D eigenvalue weighted by Crippen LogP contribution is -1.94. The van der Waals surface area contributed by atoms with Crippen molar-refractivity contribution in [3.63, 3.8) is 0 Å². The van der Waals surface area contributed by atoms with Gasteiger partial charge in [-0.2, -0.15) is 5.26 Å². The van der Waals surface area contributed by atoms with E-state index in [1.54, 1.807) is 23.6 Å². The summed E-state index contributed by atoms with van der Waals surface area (Å²) in [5.74, 6) is -0.371. The molecule has 0 amide bonds. The molecule has 0 aliphatic heterocycles. The number of nitriles is 1. The summed E-state index contributed by atoms with van der Waals surface area (Å²) >= 11 is 1.28. The zero-order valence-corrected chi connectivity index (χ0v) is 15.0. The Labute approximate surface area is 158 Å². The molecular weight excluding hydrogens is 367 g/mol. The van der Waals surface area contributed by atoms with Gasteiger partial charge in [0.2, 0.25) is 0 Å². The van der Waals surface area contributed by atoms with Gasteiger partial charge in [0.1, 0.15) is 22.5 Å². The number of anilines is 1. The van der Waals surface area contributed by atoms with Crippen molar-refractivity contribution >= 4 is 28.3 Å². The highest BCUT2D eigenvalue weighted by Crippen LogP contribution is 2.27. The summed E-state index contributed by atoms with van der Waals surface area (Å²) in [5, 5.41) is 25.4. The van der Waals surface area contributed by atoms with Gasteiger partial charge in [0, 0.05) is 35.0 Å². The van der Waals surface area contributed by atoms with Crippen molar-refractivity contribution in [1.82, 2.24) is 4.98 Å². The Bertz CT molecular complexity index is 1070. The van der Waals surface area contributed by atoms with Gasteiger partial charge in [0.15, 0.2) is 0 Å². The number of allylic oxidation sites excluding steroid dienone is 1. The van der Waals surface area contributed by atoms with Crippen LogP contribution in [0.25, 0.3) is 16.8 Å². The number of benzene rings is 2. The molecular formula is C19H13FN4O2S. The van der Waals surface area contributed by atoms with Gasteiger partial charge in [0.05, 0.1) is 10.6 Å². The molecule has 134 valence electrons. The number of rotatable bonds is 5. The van der Waals surface area contributed by atoms with E-state index in [9.17, 15) is 19.8 Å². The molecule has 3 rings (SSSR count). The number of aromatic nitrogens is 1. The predicted molar refractivity (Wildman–Crippen MR) is 103 cm³/mol. The van der Waals surface area contributed by atoms with Gasteiger partial charge in [-0.15, -0.1) is 11.3 Å². The van der Waals surface area contributed by atoms with Crippen LogP contribution in [0, 0.1) is 34.2 Å². The molecule has 0 bridgehead atoms. The maximum atomic E-state index is 13.4. The molecule has 27 heavy (non-hydrogen) atoms. The van der Waals surface area contributed by atoms with Gasteiger partial charge in [-0.05, 0) is 36.8 Å². The van der Waals surface area contributed by atoms with E-state index in [1.165, 1.54) is 41.8 Å². The second-order valence-corrected chi connectivity index (χ2v) is 6.47. The molecule has 2 aromatic carbocycles. The van der Waals surface area contributed by atoms with E-state index >= 15 is 0 Å². The first-order valence-corrected chi connectivity index (χ1v) is 8.69. The highest BCUT2D eigenvalue weighted by Gasteiger charge is 2.11. The van der Waals surface area contributed by atoms with Gasteiger partial charge in [-0.25, -0.2) is 9.37 Å². The van der Waals surface area contributed by atoms with Crippen LogP contribution in [0.1, 0.15) is 10.6 Å². The van der Waals surface area contributed by atoms with Crippen LogP contribution in [-0.4, -0.2) is 9.91 Å². The standard InChI is InChI=1S/C19H13FN4O2S/c1-12-2-5-15(20)8-17(12)22-10-14(9-21)19-23-18(11-27-19)13-3-6-16(7-4-13)24(25)26/h2-8,10-11,22H,1H3. The lowest BCUT2D eigenvalue weighted by Gasteiger charge is -2.05. The average Bonchev–Trinajstić information content (AvgIpc) is 3.15. The minimum Gasteiger partial charge on any atom is -0.360 e. The third-order valence-electron chi connectivity index (χ3n) is 3.80. The first kappa shape index (κ1) is 18.2. The molecule has 6 nitrogen and oxygen atoms in total. The van der Waals surface area contributed by atoms with E-state index in [0.717, 1.165) is 5.56 Å². The quantitative estimate of drug-likeness (QED) is 0.376. The van der Waals surface area contributed by atoms with E-state index in [1.807, 2.05) is 6.92 Å². The van der Waals surface area contributed by atoms with Crippen molar-refractivity contribution in [3.05, 3.63) is 80.5 Å². The molecule has 0 aliphatic rings. The summed E-state index contributed by atoms with van der Waals surface area (Å²) in [4.78, 5) is 14.7. The van der Waals surface area contributed by atoms with Gasteiger partial charge in [0.25, 0.3) is 5.69 Å². The molecule has 3 aromatic rings. The Morgan fingerprint density at radius 1 is 1.33 bits per heavy atom. The molecule has 1 aromatic heterocycles. The predicted octanol–water partition coefficient (Wildman–Crippen LogP) is 5.14. The molecule has 0 radical (unpaired) electrons. The number of nitro benzene ring substituents is 1. The second kappa shape index (κ2) is 7.76. The summed E-state index contributed by atoms with van der Waals surface area (Å²) in [7, 11) is 0. The lowest BCUT2D eigenvalue weighted by molar-refractivity contribution is -0.384. The SMILES string of the molecule is Cc1ccc(F)cc1NC=C(C#N)c1nc(-c2ccc([N+](=O)[O-])cc2)cs1. The van der Waals surface area contributed by atoms with Crippen LogP contribution in [0.5, 0.6) is 0 Å². The summed E-state index contributed by atoms with van der Waals surface area (Å²) in [6, 6.07) is 12.5. The number of thiazole rings is 1. The molecule has 0 atom stereocenters. The summed E-state index contributed by atoms with van der Waals surface area (Å²) in [6.07, 6.45) is 1.49. The molecule has 0 fully saturated rings. The summed E-state index contributed by atoms with van der Waals surface area (Å²) < 4.78 is 13.4. The van der Waals surface area contributed by atoms with Crippen molar-refractivity contribution in [1.29, 1.82) is 5.26 Å². The van der Waals surface area contributed by atoms with Crippen molar-refractivity contribution in [2.24, 2.45) is 0 Å². The van der Waals surface area contributed by atoms with Crippen molar-refractivity contribution < 1.29 is 9.31 Å². The highest BCUT2D eigenvalue weighted by molar-refractivity contribution is 7.11. The average molecular weight is 380 g/mol. The number of nitro groups is 1.